The summed E-state index contributed by atoms with van der Waals surface area (Å²) in [5.41, 5.74) is 2.37. The van der Waals surface area contributed by atoms with E-state index in [0.717, 1.165) is 17.5 Å². The minimum Gasteiger partial charge on any atom is -0.354 e. The number of amides is 2. The van der Waals surface area contributed by atoms with E-state index < -0.39 is 0 Å². The molecule has 3 rings (SSSR count). The largest absolute Gasteiger partial charge is 0.354 e. The summed E-state index contributed by atoms with van der Waals surface area (Å²) >= 11 is 0. The van der Waals surface area contributed by atoms with Gasteiger partial charge in [-0.1, -0.05) is 49.4 Å². The zero-order chi connectivity index (χ0) is 19.2. The van der Waals surface area contributed by atoms with Gasteiger partial charge in [0.1, 0.15) is 5.82 Å². The van der Waals surface area contributed by atoms with E-state index in [0.29, 0.717) is 38.0 Å². The van der Waals surface area contributed by atoms with Crippen molar-refractivity contribution in [1.82, 2.24) is 10.2 Å². The van der Waals surface area contributed by atoms with Crippen molar-refractivity contribution in [2.45, 2.75) is 26.2 Å². The SMILES string of the molecule is CCCC(=O)N1CCNC(=O)C(Cc2ccc(-c3ccccc3F)cc2)C1. The van der Waals surface area contributed by atoms with Crippen LogP contribution in [0.3, 0.4) is 0 Å². The van der Waals surface area contributed by atoms with Gasteiger partial charge < -0.3 is 10.2 Å². The second kappa shape index (κ2) is 8.80. The quantitative estimate of drug-likeness (QED) is 0.879. The van der Waals surface area contributed by atoms with Gasteiger partial charge in [-0.25, -0.2) is 4.39 Å². The molecule has 1 aliphatic heterocycles. The van der Waals surface area contributed by atoms with E-state index in [1.807, 2.05) is 37.3 Å². The maximum Gasteiger partial charge on any atom is 0.225 e. The van der Waals surface area contributed by atoms with Gasteiger partial charge in [-0.05, 0) is 30.0 Å². The van der Waals surface area contributed by atoms with E-state index in [2.05, 4.69) is 5.32 Å². The van der Waals surface area contributed by atoms with Crippen molar-refractivity contribution in [3.8, 4) is 11.1 Å². The molecule has 1 atom stereocenters. The molecule has 1 heterocycles. The van der Waals surface area contributed by atoms with E-state index in [1.165, 1.54) is 6.07 Å². The number of nitrogens with zero attached hydrogens (tertiary/aromatic N) is 1. The molecule has 2 aromatic carbocycles. The first-order chi connectivity index (χ1) is 13.1. The summed E-state index contributed by atoms with van der Waals surface area (Å²) < 4.78 is 13.9. The number of carbonyl (C=O) groups is 2. The van der Waals surface area contributed by atoms with Gasteiger partial charge in [0, 0.05) is 31.6 Å². The van der Waals surface area contributed by atoms with Crippen molar-refractivity contribution in [3.05, 3.63) is 59.9 Å². The first kappa shape index (κ1) is 19.1. The van der Waals surface area contributed by atoms with Gasteiger partial charge in [0.2, 0.25) is 11.8 Å². The Kier molecular flexibility index (Phi) is 6.22. The number of carbonyl (C=O) groups excluding carboxylic acids is 2. The van der Waals surface area contributed by atoms with Crippen LogP contribution in [-0.2, 0) is 16.0 Å². The average Bonchev–Trinajstić information content (AvgIpc) is 2.85. The predicted molar refractivity (Wildman–Crippen MR) is 104 cm³/mol. The van der Waals surface area contributed by atoms with Gasteiger partial charge in [-0.2, -0.15) is 0 Å². The first-order valence-electron chi connectivity index (χ1n) is 9.47. The van der Waals surface area contributed by atoms with Crippen molar-refractivity contribution in [3.63, 3.8) is 0 Å². The normalized spacial score (nSPS) is 17.3. The average molecular weight is 368 g/mol. The van der Waals surface area contributed by atoms with Crippen LogP contribution in [0.15, 0.2) is 48.5 Å². The molecule has 27 heavy (non-hydrogen) atoms. The minimum absolute atomic E-state index is 0.0139. The summed E-state index contributed by atoms with van der Waals surface area (Å²) in [5, 5.41) is 2.90. The lowest BCUT2D eigenvalue weighted by atomic mass is 9.96. The third-order valence-corrected chi connectivity index (χ3v) is 4.93. The standard InChI is InChI=1S/C22H25FN2O2/c1-2-5-21(26)25-13-12-24-22(27)18(15-25)14-16-8-10-17(11-9-16)19-6-3-4-7-20(19)23/h3-4,6-11,18H,2,5,12-15H2,1H3,(H,24,27). The van der Waals surface area contributed by atoms with E-state index in [4.69, 9.17) is 0 Å². The third kappa shape index (κ3) is 4.73. The van der Waals surface area contributed by atoms with E-state index in [1.54, 1.807) is 17.0 Å². The van der Waals surface area contributed by atoms with Crippen LogP contribution < -0.4 is 5.32 Å². The van der Waals surface area contributed by atoms with Crippen LogP contribution in [0, 0.1) is 11.7 Å². The lowest BCUT2D eigenvalue weighted by Crippen LogP contribution is -2.37. The number of hydrogen-bond acceptors (Lipinski definition) is 2. The molecule has 0 bridgehead atoms. The Bertz CT molecular complexity index is 804. The van der Waals surface area contributed by atoms with E-state index >= 15 is 0 Å². The molecule has 1 N–H and O–H groups in total. The molecular weight excluding hydrogens is 343 g/mol. The van der Waals surface area contributed by atoms with Crippen molar-refractivity contribution in [1.29, 1.82) is 0 Å². The number of hydrogen-bond donors (Lipinski definition) is 1. The molecule has 4 nitrogen and oxygen atoms in total. The molecule has 0 aromatic heterocycles. The summed E-state index contributed by atoms with van der Waals surface area (Å²) in [5.74, 6) is -0.431. The fraction of sp³-hybridized carbons (Fsp3) is 0.364. The maximum atomic E-state index is 13.9. The maximum absolute atomic E-state index is 13.9. The summed E-state index contributed by atoms with van der Waals surface area (Å²) in [6.45, 7) is 3.48. The number of rotatable bonds is 5. The Balaban J connectivity index is 1.72. The summed E-state index contributed by atoms with van der Waals surface area (Å²) in [6.07, 6.45) is 1.87. The van der Waals surface area contributed by atoms with Crippen LogP contribution in [0.1, 0.15) is 25.3 Å². The van der Waals surface area contributed by atoms with Gasteiger partial charge >= 0.3 is 0 Å². The lowest BCUT2D eigenvalue weighted by molar-refractivity contribution is -0.132. The van der Waals surface area contributed by atoms with Gasteiger partial charge in [0.25, 0.3) is 0 Å². The van der Waals surface area contributed by atoms with Crippen molar-refractivity contribution >= 4 is 11.8 Å². The molecule has 1 fully saturated rings. The molecule has 0 aliphatic carbocycles. The van der Waals surface area contributed by atoms with Crippen LogP contribution in [0.5, 0.6) is 0 Å². The van der Waals surface area contributed by atoms with E-state index in [9.17, 15) is 14.0 Å². The molecular formula is C22H25FN2O2. The molecule has 0 spiro atoms. The highest BCUT2D eigenvalue weighted by Gasteiger charge is 2.27. The molecule has 142 valence electrons. The van der Waals surface area contributed by atoms with Crippen molar-refractivity contribution < 1.29 is 14.0 Å². The Hall–Kier alpha value is -2.69. The molecule has 1 saturated heterocycles. The fourth-order valence-corrected chi connectivity index (χ4v) is 3.45. The zero-order valence-corrected chi connectivity index (χ0v) is 15.6. The fourth-order valence-electron chi connectivity index (χ4n) is 3.45. The summed E-state index contributed by atoms with van der Waals surface area (Å²) in [6, 6.07) is 14.3. The van der Waals surface area contributed by atoms with Crippen molar-refractivity contribution in [2.75, 3.05) is 19.6 Å². The molecule has 2 amide bonds. The number of nitrogens with one attached hydrogen (secondary N) is 1. The molecule has 0 saturated carbocycles. The molecule has 0 radical (unpaired) electrons. The monoisotopic (exact) mass is 368 g/mol. The smallest absolute Gasteiger partial charge is 0.225 e. The van der Waals surface area contributed by atoms with Crippen LogP contribution in [0.2, 0.25) is 0 Å². The Labute approximate surface area is 159 Å². The lowest BCUT2D eigenvalue weighted by Gasteiger charge is -2.23. The number of benzene rings is 2. The van der Waals surface area contributed by atoms with Crippen LogP contribution in [0.4, 0.5) is 4.39 Å². The Morgan fingerprint density at radius 1 is 1.19 bits per heavy atom. The zero-order valence-electron chi connectivity index (χ0n) is 15.6. The summed E-state index contributed by atoms with van der Waals surface area (Å²) in [4.78, 5) is 26.4. The highest BCUT2D eigenvalue weighted by atomic mass is 19.1. The second-order valence-corrected chi connectivity index (χ2v) is 6.96. The van der Waals surface area contributed by atoms with Gasteiger partial charge in [0.05, 0.1) is 5.92 Å². The minimum atomic E-state index is -0.271. The number of halogens is 1. The molecule has 2 aromatic rings. The second-order valence-electron chi connectivity index (χ2n) is 6.96. The molecule has 1 aliphatic rings. The van der Waals surface area contributed by atoms with Crippen LogP contribution >= 0.6 is 0 Å². The predicted octanol–water partition coefficient (Wildman–Crippen LogP) is 3.41. The summed E-state index contributed by atoms with van der Waals surface area (Å²) in [7, 11) is 0. The molecule has 1 unspecified atom stereocenters. The Morgan fingerprint density at radius 3 is 2.63 bits per heavy atom. The Morgan fingerprint density at radius 2 is 1.93 bits per heavy atom. The van der Waals surface area contributed by atoms with Gasteiger partial charge in [0.15, 0.2) is 0 Å². The third-order valence-electron chi connectivity index (χ3n) is 4.93. The van der Waals surface area contributed by atoms with Gasteiger partial charge in [-0.15, -0.1) is 0 Å². The highest BCUT2D eigenvalue weighted by Crippen LogP contribution is 2.24. The topological polar surface area (TPSA) is 49.4 Å². The highest BCUT2D eigenvalue weighted by molar-refractivity contribution is 5.82. The first-order valence-corrected chi connectivity index (χ1v) is 9.47. The van der Waals surface area contributed by atoms with E-state index in [-0.39, 0.29) is 23.5 Å². The molecule has 5 heteroatoms. The van der Waals surface area contributed by atoms with Crippen molar-refractivity contribution in [2.24, 2.45) is 5.92 Å². The van der Waals surface area contributed by atoms with Gasteiger partial charge in [-0.3, -0.25) is 9.59 Å². The van der Waals surface area contributed by atoms with Crippen LogP contribution in [-0.4, -0.2) is 36.3 Å². The van der Waals surface area contributed by atoms with Crippen LogP contribution in [0.25, 0.3) is 11.1 Å².